The Morgan fingerprint density at radius 2 is 2.29 bits per heavy atom. The second kappa shape index (κ2) is 5.14. The van der Waals surface area contributed by atoms with Gasteiger partial charge in [-0.1, -0.05) is 0 Å². The first-order valence-electron chi connectivity index (χ1n) is 4.14. The Hall–Kier alpha value is -0.850. The summed E-state index contributed by atoms with van der Waals surface area (Å²) in [7, 11) is 0. The highest BCUT2D eigenvalue weighted by molar-refractivity contribution is 7.99. The quantitative estimate of drug-likeness (QED) is 0.476. The van der Waals surface area contributed by atoms with Crippen LogP contribution < -0.4 is 5.73 Å². The molecule has 6 heteroatoms. The van der Waals surface area contributed by atoms with Gasteiger partial charge in [0.25, 0.3) is 0 Å². The van der Waals surface area contributed by atoms with Crippen molar-refractivity contribution in [3.63, 3.8) is 0 Å². The molecule has 14 heavy (non-hydrogen) atoms. The molecule has 1 aromatic rings. The summed E-state index contributed by atoms with van der Waals surface area (Å²) in [6, 6.07) is 0. The minimum atomic E-state index is -0.726. The number of nitrogens with two attached hydrogens (primary N) is 1. The van der Waals surface area contributed by atoms with Crippen molar-refractivity contribution in [1.29, 1.82) is 0 Å². The molecule has 1 heterocycles. The van der Waals surface area contributed by atoms with Crippen molar-refractivity contribution in [2.45, 2.75) is 18.1 Å². The van der Waals surface area contributed by atoms with Crippen LogP contribution in [0.5, 0.6) is 0 Å². The monoisotopic (exact) mass is 215 g/mol. The van der Waals surface area contributed by atoms with Gasteiger partial charge < -0.3 is 15.9 Å². The Balaban J connectivity index is 2.63. The number of hydrogen-bond donors (Lipinski definition) is 3. The summed E-state index contributed by atoms with van der Waals surface area (Å²) in [5, 5.41) is 18.5. The summed E-state index contributed by atoms with van der Waals surface area (Å²) in [4.78, 5) is 7.85. The van der Waals surface area contributed by atoms with E-state index in [4.69, 9.17) is 15.9 Å². The van der Waals surface area contributed by atoms with E-state index in [1.165, 1.54) is 18.1 Å². The molecule has 0 saturated carbocycles. The summed E-state index contributed by atoms with van der Waals surface area (Å²) in [5.74, 6) is 0.842. The number of aliphatic hydroxyl groups is 2. The molecule has 0 aliphatic carbocycles. The highest BCUT2D eigenvalue weighted by atomic mass is 32.2. The largest absolute Gasteiger partial charge is 0.394 e. The highest BCUT2D eigenvalue weighted by Crippen LogP contribution is 2.22. The summed E-state index contributed by atoms with van der Waals surface area (Å²) in [5.41, 5.74) is 6.39. The van der Waals surface area contributed by atoms with Gasteiger partial charge in [-0.3, -0.25) is 0 Å². The lowest BCUT2D eigenvalue weighted by Gasteiger charge is -2.08. The van der Waals surface area contributed by atoms with Gasteiger partial charge in [-0.2, -0.15) is 0 Å². The highest BCUT2D eigenvalue weighted by Gasteiger charge is 2.08. The molecule has 1 rings (SSSR count). The van der Waals surface area contributed by atoms with Gasteiger partial charge in [0.1, 0.15) is 17.2 Å². The lowest BCUT2D eigenvalue weighted by Crippen LogP contribution is -2.15. The summed E-state index contributed by atoms with van der Waals surface area (Å²) in [6.07, 6.45) is 0.659. The van der Waals surface area contributed by atoms with E-state index in [9.17, 15) is 0 Å². The molecule has 0 aliphatic rings. The number of rotatable bonds is 4. The van der Waals surface area contributed by atoms with Gasteiger partial charge in [-0.05, 0) is 6.92 Å². The number of nitrogens with zero attached hydrogens (tertiary/aromatic N) is 2. The minimum Gasteiger partial charge on any atom is -0.394 e. The van der Waals surface area contributed by atoms with Crippen LogP contribution in [-0.4, -0.2) is 38.6 Å². The average Bonchev–Trinajstić information content (AvgIpc) is 2.20. The van der Waals surface area contributed by atoms with Gasteiger partial charge in [0, 0.05) is 11.3 Å². The van der Waals surface area contributed by atoms with Crippen molar-refractivity contribution < 1.29 is 10.2 Å². The first-order chi connectivity index (χ1) is 6.65. The molecule has 0 saturated heterocycles. The molecular formula is C8H13N3O2S. The molecule has 78 valence electrons. The number of thioether (sulfide) groups is 1. The molecule has 5 nitrogen and oxygen atoms in total. The van der Waals surface area contributed by atoms with Crippen LogP contribution in [0.4, 0.5) is 5.82 Å². The summed E-state index contributed by atoms with van der Waals surface area (Å²) in [6.45, 7) is 1.58. The standard InChI is InChI=1S/C8H13N3O2S/c1-5-7(9)10-4-11-8(5)14-3-6(13)2-12/h4,6,12-13H,2-3H2,1H3,(H2,9,10,11). The Labute approximate surface area is 86.4 Å². The Kier molecular flexibility index (Phi) is 4.12. The molecule has 0 aromatic carbocycles. The molecule has 0 radical (unpaired) electrons. The number of aliphatic hydroxyl groups excluding tert-OH is 2. The van der Waals surface area contributed by atoms with Crippen LogP contribution in [0.15, 0.2) is 11.4 Å². The first-order valence-corrected chi connectivity index (χ1v) is 5.12. The lowest BCUT2D eigenvalue weighted by atomic mass is 10.3. The maximum atomic E-state index is 9.13. The molecule has 0 amide bonds. The fourth-order valence-electron chi connectivity index (χ4n) is 0.820. The third-order valence-electron chi connectivity index (χ3n) is 1.70. The smallest absolute Gasteiger partial charge is 0.130 e. The lowest BCUT2D eigenvalue weighted by molar-refractivity contribution is 0.113. The van der Waals surface area contributed by atoms with Crippen LogP contribution in [0.3, 0.4) is 0 Å². The fraction of sp³-hybridized carbons (Fsp3) is 0.500. The van der Waals surface area contributed by atoms with E-state index in [0.29, 0.717) is 11.6 Å². The maximum Gasteiger partial charge on any atom is 0.130 e. The Morgan fingerprint density at radius 3 is 2.93 bits per heavy atom. The summed E-state index contributed by atoms with van der Waals surface area (Å²) >= 11 is 1.35. The first kappa shape index (κ1) is 11.2. The SMILES string of the molecule is Cc1c(N)ncnc1SCC(O)CO. The second-order valence-electron chi connectivity index (χ2n) is 2.84. The van der Waals surface area contributed by atoms with E-state index >= 15 is 0 Å². The molecule has 0 fully saturated rings. The molecule has 0 aliphatic heterocycles. The number of aromatic nitrogens is 2. The van der Waals surface area contributed by atoms with Gasteiger partial charge in [0.15, 0.2) is 0 Å². The molecule has 1 aromatic heterocycles. The van der Waals surface area contributed by atoms with Crippen molar-refractivity contribution in [2.75, 3.05) is 18.1 Å². The van der Waals surface area contributed by atoms with Gasteiger partial charge in [0.05, 0.1) is 12.7 Å². The van der Waals surface area contributed by atoms with Crippen molar-refractivity contribution in [3.8, 4) is 0 Å². The van der Waals surface area contributed by atoms with Crippen LogP contribution in [0.1, 0.15) is 5.56 Å². The Morgan fingerprint density at radius 1 is 1.57 bits per heavy atom. The zero-order valence-electron chi connectivity index (χ0n) is 7.84. The van der Waals surface area contributed by atoms with Crippen molar-refractivity contribution in [1.82, 2.24) is 9.97 Å². The van der Waals surface area contributed by atoms with E-state index in [-0.39, 0.29) is 6.61 Å². The predicted octanol–water partition coefficient (Wildman–Crippen LogP) is -0.187. The van der Waals surface area contributed by atoms with E-state index in [1.54, 1.807) is 0 Å². The van der Waals surface area contributed by atoms with E-state index in [1.807, 2.05) is 6.92 Å². The van der Waals surface area contributed by atoms with Crippen LogP contribution >= 0.6 is 11.8 Å². The molecule has 0 spiro atoms. The van der Waals surface area contributed by atoms with Gasteiger partial charge in [0.2, 0.25) is 0 Å². The molecule has 1 unspecified atom stereocenters. The topological polar surface area (TPSA) is 92.3 Å². The van der Waals surface area contributed by atoms with Crippen molar-refractivity contribution in [2.24, 2.45) is 0 Å². The number of hydrogen-bond acceptors (Lipinski definition) is 6. The van der Waals surface area contributed by atoms with Crippen molar-refractivity contribution in [3.05, 3.63) is 11.9 Å². The summed E-state index contributed by atoms with van der Waals surface area (Å²) < 4.78 is 0. The van der Waals surface area contributed by atoms with Crippen LogP contribution in [-0.2, 0) is 0 Å². The Bertz CT molecular complexity index is 309. The van der Waals surface area contributed by atoms with Crippen LogP contribution in [0.25, 0.3) is 0 Å². The molecule has 4 N–H and O–H groups in total. The number of nitrogen functional groups attached to an aromatic ring is 1. The molecule has 1 atom stereocenters. The predicted molar refractivity (Wildman–Crippen MR) is 55.0 cm³/mol. The van der Waals surface area contributed by atoms with Crippen LogP contribution in [0.2, 0.25) is 0 Å². The van der Waals surface area contributed by atoms with Gasteiger partial charge in [-0.15, -0.1) is 11.8 Å². The third kappa shape index (κ3) is 2.83. The molecule has 0 bridgehead atoms. The van der Waals surface area contributed by atoms with Crippen molar-refractivity contribution >= 4 is 17.6 Å². The van der Waals surface area contributed by atoms with E-state index < -0.39 is 6.10 Å². The van der Waals surface area contributed by atoms with Crippen LogP contribution in [0, 0.1) is 6.92 Å². The normalized spacial score (nSPS) is 12.8. The second-order valence-corrected chi connectivity index (χ2v) is 3.85. The van der Waals surface area contributed by atoms with E-state index in [0.717, 1.165) is 10.6 Å². The zero-order chi connectivity index (χ0) is 10.6. The van der Waals surface area contributed by atoms with Gasteiger partial charge >= 0.3 is 0 Å². The average molecular weight is 215 g/mol. The van der Waals surface area contributed by atoms with E-state index in [2.05, 4.69) is 9.97 Å². The number of anilines is 1. The zero-order valence-corrected chi connectivity index (χ0v) is 8.66. The molecular weight excluding hydrogens is 202 g/mol. The minimum absolute atomic E-state index is 0.243. The maximum absolute atomic E-state index is 9.13. The third-order valence-corrected chi connectivity index (χ3v) is 2.94. The van der Waals surface area contributed by atoms with Gasteiger partial charge in [-0.25, -0.2) is 9.97 Å². The fourth-order valence-corrected chi connectivity index (χ4v) is 1.72.